The normalized spacial score (nSPS) is 36.5. The van der Waals surface area contributed by atoms with Crippen molar-refractivity contribution < 1.29 is 53.0 Å². The van der Waals surface area contributed by atoms with Crippen LogP contribution in [0.25, 0.3) is 0 Å². The molecule has 64 heavy (non-hydrogen) atoms. The van der Waals surface area contributed by atoms with E-state index in [-0.39, 0.29) is 18.6 Å². The number of carbonyl (C=O) groups excluding carboxylic acids is 3. The molecule has 0 spiro atoms. The van der Waals surface area contributed by atoms with Gasteiger partial charge < -0.3 is 38.6 Å². The second-order valence-corrected chi connectivity index (χ2v) is 20.3. The Hall–Kier alpha value is -2.93. The van der Waals surface area contributed by atoms with Crippen molar-refractivity contribution in [2.75, 3.05) is 6.61 Å². The SMILES string of the molecule is C=C(C)[C@@]12O[C@@]3(CCCCCCCCC)O[C@@H]1[C@@H]1[C@@H]4O[C@]4(COC(=O)CCCCCCCCCCCCCCC)[C@@H](O)[C@]4(O)C(=O)C(C)=C[C@H]4[C@@]1(O3)[C@H](C)[C@H]2OC(=O)c1ccccc1. The number of esters is 2. The number of carbonyl (C=O) groups is 3. The maximum Gasteiger partial charge on any atom is 0.338 e. The van der Waals surface area contributed by atoms with Gasteiger partial charge in [-0.05, 0) is 50.0 Å². The first kappa shape index (κ1) is 49.0. The summed E-state index contributed by atoms with van der Waals surface area (Å²) >= 11 is 0. The molecule has 356 valence electrons. The van der Waals surface area contributed by atoms with Gasteiger partial charge in [0.05, 0.1) is 11.2 Å². The largest absolute Gasteiger partial charge is 0.462 e. The summed E-state index contributed by atoms with van der Waals surface area (Å²) in [6, 6.07) is 8.71. The molecular formula is C53H78O11. The number of aliphatic hydroxyl groups is 2. The first-order valence-electron chi connectivity index (χ1n) is 25.3. The van der Waals surface area contributed by atoms with Crippen LogP contribution >= 0.6 is 0 Å². The topological polar surface area (TPSA) is 150 Å². The van der Waals surface area contributed by atoms with Gasteiger partial charge in [-0.25, -0.2) is 4.79 Å². The van der Waals surface area contributed by atoms with Gasteiger partial charge in [0, 0.05) is 30.6 Å². The number of hydrogen-bond donors (Lipinski definition) is 2. The number of ketones is 1. The summed E-state index contributed by atoms with van der Waals surface area (Å²) < 4.78 is 40.6. The van der Waals surface area contributed by atoms with Gasteiger partial charge in [0.1, 0.15) is 31.0 Å². The number of epoxide rings is 1. The van der Waals surface area contributed by atoms with Crippen LogP contribution in [-0.4, -0.2) is 87.3 Å². The zero-order valence-corrected chi connectivity index (χ0v) is 39.5. The third-order valence-corrected chi connectivity index (χ3v) is 15.8. The van der Waals surface area contributed by atoms with E-state index in [9.17, 15) is 24.6 Å². The first-order valence-corrected chi connectivity index (χ1v) is 25.3. The van der Waals surface area contributed by atoms with Gasteiger partial charge in [0.25, 0.3) is 5.97 Å². The molecule has 7 rings (SSSR count). The Morgan fingerprint density at radius 3 is 1.92 bits per heavy atom. The summed E-state index contributed by atoms with van der Waals surface area (Å²) in [5.41, 5.74) is -5.88. The smallest absolute Gasteiger partial charge is 0.338 e. The maximum atomic E-state index is 14.4. The van der Waals surface area contributed by atoms with Crippen molar-refractivity contribution in [1.82, 2.24) is 0 Å². The van der Waals surface area contributed by atoms with Gasteiger partial charge in [-0.15, -0.1) is 0 Å². The van der Waals surface area contributed by atoms with Crippen LogP contribution < -0.4 is 0 Å². The van der Waals surface area contributed by atoms with Crippen LogP contribution in [0, 0.1) is 17.8 Å². The standard InChI is InChI=1S/C53H78O11/c1-7-9-11-13-15-16-17-18-19-20-21-23-28-32-41(54)59-35-49-45(61-49)42-46-52(36(3)4)44(60-47(56)39-30-26-25-27-31-39)38(6)53(42,40-34-37(5)43(55)51(40,58)48(49)57)64-50(62-46,63-52)33-29-24-22-14-12-10-8-2/h25-27,30-31,34,38,40,42,44-46,48,57-58H,3,7-24,28-29,32-33,35H2,1-2,4-6H3/t38-,40-,42+,44-,45+,46-,48-,49+,50-,51-,52+,53+/m1/s1. The van der Waals surface area contributed by atoms with E-state index >= 15 is 0 Å². The molecule has 5 fully saturated rings. The van der Waals surface area contributed by atoms with E-state index in [1.54, 1.807) is 37.3 Å². The minimum absolute atomic E-state index is 0.211. The quantitative estimate of drug-likeness (QED) is 0.0376. The van der Waals surface area contributed by atoms with E-state index in [2.05, 4.69) is 20.4 Å². The third-order valence-electron chi connectivity index (χ3n) is 15.8. The zero-order valence-electron chi connectivity index (χ0n) is 39.5. The average Bonchev–Trinajstić information content (AvgIpc) is 3.90. The molecule has 3 aliphatic carbocycles. The summed E-state index contributed by atoms with van der Waals surface area (Å²) in [7, 11) is 0. The number of Topliss-reactive ketones (excluding diaryl/α,β-unsaturated/α-hetero) is 1. The second-order valence-electron chi connectivity index (χ2n) is 20.3. The zero-order chi connectivity index (χ0) is 45.8. The first-order chi connectivity index (χ1) is 30.8. The Kier molecular flexibility index (Phi) is 15.7. The molecule has 11 nitrogen and oxygen atoms in total. The summed E-state index contributed by atoms with van der Waals surface area (Å²) in [6.45, 7) is 13.9. The fourth-order valence-electron chi connectivity index (χ4n) is 12.3. The van der Waals surface area contributed by atoms with Crippen LogP contribution in [0.3, 0.4) is 0 Å². The molecule has 0 amide bonds. The van der Waals surface area contributed by atoms with Crippen molar-refractivity contribution in [1.29, 1.82) is 0 Å². The minimum atomic E-state index is -2.43. The van der Waals surface area contributed by atoms with Gasteiger partial charge >= 0.3 is 11.9 Å². The van der Waals surface area contributed by atoms with E-state index in [0.29, 0.717) is 30.4 Å². The Bertz CT molecular complexity index is 1830. The predicted molar refractivity (Wildman–Crippen MR) is 243 cm³/mol. The van der Waals surface area contributed by atoms with E-state index in [1.165, 1.54) is 70.6 Å². The molecule has 1 aromatic rings. The number of aliphatic hydroxyl groups excluding tert-OH is 1. The van der Waals surface area contributed by atoms with Crippen LogP contribution in [0.15, 0.2) is 54.1 Å². The summed E-state index contributed by atoms with van der Waals surface area (Å²) in [6.07, 6.45) is 20.4. The van der Waals surface area contributed by atoms with Gasteiger partial charge in [0.15, 0.2) is 22.6 Å². The van der Waals surface area contributed by atoms with Crippen LogP contribution in [0.5, 0.6) is 0 Å². The fourth-order valence-corrected chi connectivity index (χ4v) is 12.3. The predicted octanol–water partition coefficient (Wildman–Crippen LogP) is 10.2. The molecule has 2 N–H and O–H groups in total. The third kappa shape index (κ3) is 8.84. The molecule has 0 radical (unpaired) electrons. The molecule has 2 saturated carbocycles. The highest BCUT2D eigenvalue weighted by Crippen LogP contribution is 2.73. The number of fused-ring (bicyclic) bond motifs is 3. The second kappa shape index (κ2) is 20.5. The van der Waals surface area contributed by atoms with Gasteiger partial charge in [-0.2, -0.15) is 0 Å². The lowest BCUT2D eigenvalue weighted by atomic mass is 9.53. The van der Waals surface area contributed by atoms with E-state index in [0.717, 1.165) is 44.9 Å². The summed E-state index contributed by atoms with van der Waals surface area (Å²) in [5.74, 6) is -5.96. The summed E-state index contributed by atoms with van der Waals surface area (Å²) in [5, 5.41) is 25.5. The number of unbranched alkanes of at least 4 members (excludes halogenated alkanes) is 18. The Morgan fingerprint density at radius 2 is 1.34 bits per heavy atom. The maximum absolute atomic E-state index is 14.4. The average molecular weight is 891 g/mol. The molecule has 12 atom stereocenters. The monoisotopic (exact) mass is 891 g/mol. The number of rotatable bonds is 27. The lowest BCUT2D eigenvalue weighted by molar-refractivity contribution is -0.431. The minimum Gasteiger partial charge on any atom is -0.462 e. The molecule has 3 saturated heterocycles. The van der Waals surface area contributed by atoms with Crippen molar-refractivity contribution in [2.45, 2.75) is 229 Å². The number of benzene rings is 1. The number of hydrogen-bond acceptors (Lipinski definition) is 11. The van der Waals surface area contributed by atoms with Gasteiger partial charge in [0.2, 0.25) is 0 Å². The highest BCUT2D eigenvalue weighted by molar-refractivity contribution is 6.05. The lowest BCUT2D eigenvalue weighted by Gasteiger charge is -2.61. The van der Waals surface area contributed by atoms with E-state index in [1.807, 2.05) is 19.9 Å². The van der Waals surface area contributed by atoms with Gasteiger partial charge in [-0.3, -0.25) is 9.59 Å². The molecule has 3 heterocycles. The highest BCUT2D eigenvalue weighted by Gasteiger charge is 2.90. The van der Waals surface area contributed by atoms with Crippen molar-refractivity contribution in [3.8, 4) is 0 Å². The Morgan fingerprint density at radius 1 is 0.781 bits per heavy atom. The molecular weight excluding hydrogens is 813 g/mol. The molecule has 6 aliphatic rings. The van der Waals surface area contributed by atoms with E-state index < -0.39 is 88.3 Å². The summed E-state index contributed by atoms with van der Waals surface area (Å²) in [4.78, 5) is 41.8. The molecule has 3 bridgehead atoms. The van der Waals surface area contributed by atoms with Crippen molar-refractivity contribution in [2.24, 2.45) is 17.8 Å². The molecule has 0 unspecified atom stereocenters. The van der Waals surface area contributed by atoms with Crippen molar-refractivity contribution in [3.63, 3.8) is 0 Å². The number of ether oxygens (including phenoxy) is 6. The van der Waals surface area contributed by atoms with E-state index in [4.69, 9.17) is 28.4 Å². The van der Waals surface area contributed by atoms with Crippen LogP contribution in [-0.2, 0) is 38.0 Å². The fraction of sp³-hybridized carbons (Fsp3) is 0.755. The molecule has 3 aliphatic heterocycles. The molecule has 11 heteroatoms. The van der Waals surface area contributed by atoms with Crippen molar-refractivity contribution >= 4 is 17.7 Å². The van der Waals surface area contributed by atoms with Crippen LogP contribution in [0.1, 0.15) is 186 Å². The molecule has 0 aromatic heterocycles. The Labute approximate surface area is 382 Å². The Balaban J connectivity index is 1.11. The molecule has 1 aromatic carbocycles. The van der Waals surface area contributed by atoms with Crippen LogP contribution in [0.4, 0.5) is 0 Å². The van der Waals surface area contributed by atoms with Crippen LogP contribution in [0.2, 0.25) is 0 Å². The highest BCUT2D eigenvalue weighted by atomic mass is 16.9. The lowest BCUT2D eigenvalue weighted by Crippen LogP contribution is -2.76. The van der Waals surface area contributed by atoms with Crippen molar-refractivity contribution in [3.05, 3.63) is 59.7 Å². The van der Waals surface area contributed by atoms with Gasteiger partial charge in [-0.1, -0.05) is 167 Å².